The van der Waals surface area contributed by atoms with Gasteiger partial charge in [-0.05, 0) is 58.5 Å². The molecule has 0 radical (unpaired) electrons. The lowest BCUT2D eigenvalue weighted by Crippen LogP contribution is -2.14. The summed E-state index contributed by atoms with van der Waals surface area (Å²) in [6, 6.07) is 18.2. The molecule has 1 aliphatic carbocycles. The second kappa shape index (κ2) is 10.0. The van der Waals surface area contributed by atoms with E-state index in [9.17, 15) is 14.9 Å². The fourth-order valence-corrected chi connectivity index (χ4v) is 3.99. The van der Waals surface area contributed by atoms with Gasteiger partial charge in [-0.1, -0.05) is 50.3 Å². The van der Waals surface area contributed by atoms with Gasteiger partial charge >= 0.3 is 11.9 Å². The van der Waals surface area contributed by atoms with Gasteiger partial charge in [0.1, 0.15) is 17.6 Å². The Hall–Kier alpha value is -3.11. The number of carbonyl (C=O) groups is 2. The zero-order chi connectivity index (χ0) is 23.3. The average molecular weight is 498 g/mol. The Kier molecular flexibility index (Phi) is 7.37. The predicted octanol–water partition coefficient (Wildman–Crippen LogP) is 5.70. The van der Waals surface area contributed by atoms with Crippen LogP contribution in [0.2, 0.25) is 0 Å². The largest absolute Gasteiger partial charge is 0.462 e. The number of hydrogen-bond donors (Lipinski definition) is 0. The fraction of sp³-hybridized carbons (Fsp3) is 0.320. The lowest BCUT2D eigenvalue weighted by Gasteiger charge is -2.13. The fourth-order valence-electron chi connectivity index (χ4n) is 3.59. The van der Waals surface area contributed by atoms with E-state index in [2.05, 4.69) is 15.9 Å². The molecule has 1 aliphatic rings. The number of allylic oxidation sites excluding steroid dienone is 1. The van der Waals surface area contributed by atoms with Crippen molar-refractivity contribution in [2.45, 2.75) is 26.9 Å². The van der Waals surface area contributed by atoms with E-state index in [0.717, 1.165) is 0 Å². The van der Waals surface area contributed by atoms with E-state index in [4.69, 9.17) is 14.2 Å². The summed E-state index contributed by atoms with van der Waals surface area (Å²) in [5.41, 5.74) is 0.119. The standard InChI is InChI=1S/C25H24BrNO5/c1-4-30-23(28)20(26)14-19-22(25(19,2)3)24(29)32-21(15-27)16-9-8-12-18(13-16)31-17-10-6-5-7-11-17/h5-14,19,21-22H,4H2,1-3H3/b20-14+/t19-,21+,22-/m0/s1. The number of carbonyl (C=O) groups excluding carboxylic acids is 2. The molecule has 0 spiro atoms. The first-order valence-electron chi connectivity index (χ1n) is 10.2. The quantitative estimate of drug-likeness (QED) is 0.343. The van der Waals surface area contributed by atoms with Gasteiger partial charge in [-0.3, -0.25) is 4.79 Å². The molecule has 3 atom stereocenters. The van der Waals surface area contributed by atoms with Crippen LogP contribution in [0.1, 0.15) is 32.4 Å². The van der Waals surface area contributed by atoms with Crippen LogP contribution < -0.4 is 4.74 Å². The molecular formula is C25H24BrNO5. The Morgan fingerprint density at radius 1 is 1.16 bits per heavy atom. The molecule has 166 valence electrons. The first-order valence-corrected chi connectivity index (χ1v) is 11.0. The molecule has 1 fully saturated rings. The summed E-state index contributed by atoms with van der Waals surface area (Å²) in [5, 5.41) is 9.64. The lowest BCUT2D eigenvalue weighted by atomic mass is 10.1. The van der Waals surface area contributed by atoms with E-state index in [1.165, 1.54) is 0 Å². The smallest absolute Gasteiger partial charge is 0.344 e. The highest BCUT2D eigenvalue weighted by molar-refractivity contribution is 9.12. The second-order valence-electron chi connectivity index (χ2n) is 7.99. The van der Waals surface area contributed by atoms with Crippen LogP contribution in [0.25, 0.3) is 0 Å². The monoisotopic (exact) mass is 497 g/mol. The Morgan fingerprint density at radius 2 is 1.84 bits per heavy atom. The molecule has 7 heteroatoms. The summed E-state index contributed by atoms with van der Waals surface area (Å²) in [6.45, 7) is 5.82. The van der Waals surface area contributed by atoms with Crippen LogP contribution in [0.15, 0.2) is 65.2 Å². The van der Waals surface area contributed by atoms with Crippen molar-refractivity contribution < 1.29 is 23.8 Å². The minimum absolute atomic E-state index is 0.208. The van der Waals surface area contributed by atoms with Gasteiger partial charge in [0.2, 0.25) is 6.10 Å². The number of nitrogens with zero attached hydrogens (tertiary/aromatic N) is 1. The molecule has 0 heterocycles. The van der Waals surface area contributed by atoms with Crippen LogP contribution in [0, 0.1) is 28.6 Å². The SMILES string of the molecule is CCOC(=O)/C(Br)=C\[C@H]1[C@@H](C(=O)O[C@H](C#N)c2cccc(Oc3ccccc3)c2)C1(C)C. The van der Waals surface area contributed by atoms with E-state index in [-0.39, 0.29) is 17.0 Å². The number of benzene rings is 2. The molecule has 0 aliphatic heterocycles. The number of esters is 2. The number of ether oxygens (including phenoxy) is 3. The topological polar surface area (TPSA) is 85.6 Å². The van der Waals surface area contributed by atoms with Gasteiger partial charge in [0.15, 0.2) is 0 Å². The summed E-state index contributed by atoms with van der Waals surface area (Å²) in [7, 11) is 0. The molecule has 6 nitrogen and oxygen atoms in total. The van der Waals surface area contributed by atoms with Crippen molar-refractivity contribution in [1.82, 2.24) is 0 Å². The second-order valence-corrected chi connectivity index (χ2v) is 8.85. The maximum absolute atomic E-state index is 12.9. The highest BCUT2D eigenvalue weighted by Gasteiger charge is 2.62. The zero-order valence-corrected chi connectivity index (χ0v) is 19.7. The highest BCUT2D eigenvalue weighted by Crippen LogP contribution is 2.60. The number of hydrogen-bond acceptors (Lipinski definition) is 6. The maximum Gasteiger partial charge on any atom is 0.344 e. The van der Waals surface area contributed by atoms with E-state index >= 15 is 0 Å². The third-order valence-corrected chi connectivity index (χ3v) is 6.04. The first-order chi connectivity index (χ1) is 15.3. The predicted molar refractivity (Wildman–Crippen MR) is 122 cm³/mol. The molecule has 3 rings (SSSR count). The average Bonchev–Trinajstić information content (AvgIpc) is 3.32. The Balaban J connectivity index is 1.70. The molecule has 0 amide bonds. The summed E-state index contributed by atoms with van der Waals surface area (Å²) in [5.74, 6) is -0.439. The van der Waals surface area contributed by atoms with Crippen LogP contribution in [-0.2, 0) is 19.1 Å². The Labute approximate surface area is 195 Å². The minimum atomic E-state index is -1.07. The van der Waals surface area contributed by atoms with Crippen LogP contribution in [0.4, 0.5) is 0 Å². The first kappa shape index (κ1) is 23.6. The number of para-hydroxylation sites is 1. The normalized spacial score (nSPS) is 19.9. The van der Waals surface area contributed by atoms with Crippen molar-refractivity contribution in [2.24, 2.45) is 17.3 Å². The molecule has 2 aromatic rings. The summed E-state index contributed by atoms with van der Waals surface area (Å²) >= 11 is 3.22. The molecule has 1 saturated carbocycles. The van der Waals surface area contributed by atoms with Gasteiger partial charge in [0.05, 0.1) is 17.0 Å². The third-order valence-electron chi connectivity index (χ3n) is 5.45. The van der Waals surface area contributed by atoms with Crippen molar-refractivity contribution in [3.63, 3.8) is 0 Å². The van der Waals surface area contributed by atoms with Gasteiger partial charge in [0.25, 0.3) is 0 Å². The molecule has 2 aromatic carbocycles. The number of rotatable bonds is 8. The van der Waals surface area contributed by atoms with Crippen LogP contribution >= 0.6 is 15.9 Å². The number of nitriles is 1. The van der Waals surface area contributed by atoms with Crippen molar-refractivity contribution in [1.29, 1.82) is 5.26 Å². The van der Waals surface area contributed by atoms with Gasteiger partial charge < -0.3 is 14.2 Å². The Morgan fingerprint density at radius 3 is 2.50 bits per heavy atom. The molecule has 0 bridgehead atoms. The summed E-state index contributed by atoms with van der Waals surface area (Å²) in [4.78, 5) is 24.7. The van der Waals surface area contributed by atoms with Crippen LogP contribution in [0.5, 0.6) is 11.5 Å². The highest BCUT2D eigenvalue weighted by atomic mass is 79.9. The van der Waals surface area contributed by atoms with Crippen molar-refractivity contribution in [3.05, 3.63) is 70.7 Å². The molecule has 32 heavy (non-hydrogen) atoms. The van der Waals surface area contributed by atoms with Crippen LogP contribution in [0.3, 0.4) is 0 Å². The number of halogens is 1. The van der Waals surface area contributed by atoms with Gasteiger partial charge in [-0.15, -0.1) is 0 Å². The van der Waals surface area contributed by atoms with Crippen molar-refractivity contribution in [3.8, 4) is 17.6 Å². The van der Waals surface area contributed by atoms with Crippen molar-refractivity contribution in [2.75, 3.05) is 6.61 Å². The lowest BCUT2D eigenvalue weighted by molar-refractivity contribution is -0.149. The Bertz CT molecular complexity index is 1060. The minimum Gasteiger partial charge on any atom is -0.462 e. The molecule has 0 unspecified atom stereocenters. The summed E-state index contributed by atoms with van der Waals surface area (Å²) in [6.07, 6.45) is 0.607. The molecule has 0 aromatic heterocycles. The van der Waals surface area contributed by atoms with Gasteiger partial charge in [-0.2, -0.15) is 5.26 Å². The summed E-state index contributed by atoms with van der Waals surface area (Å²) < 4.78 is 16.6. The van der Waals surface area contributed by atoms with E-state index < -0.39 is 29.4 Å². The van der Waals surface area contributed by atoms with Crippen molar-refractivity contribution >= 4 is 27.9 Å². The van der Waals surface area contributed by atoms with E-state index in [0.29, 0.717) is 17.1 Å². The zero-order valence-electron chi connectivity index (χ0n) is 18.1. The molecule has 0 N–H and O–H groups in total. The van der Waals surface area contributed by atoms with E-state index in [1.807, 2.05) is 50.2 Å². The maximum atomic E-state index is 12.9. The van der Waals surface area contributed by atoms with Gasteiger partial charge in [-0.25, -0.2) is 4.79 Å². The van der Waals surface area contributed by atoms with E-state index in [1.54, 1.807) is 37.3 Å². The molecule has 0 saturated heterocycles. The third kappa shape index (κ3) is 5.38. The molecular weight excluding hydrogens is 474 g/mol. The van der Waals surface area contributed by atoms with Crippen LogP contribution in [-0.4, -0.2) is 18.5 Å². The van der Waals surface area contributed by atoms with Gasteiger partial charge in [0, 0.05) is 5.56 Å².